The number of ether oxygens (including phenoxy) is 1. The molecule has 1 aromatic heterocycles. The fourth-order valence-corrected chi connectivity index (χ4v) is 1.96. The van der Waals surface area contributed by atoms with Crippen LogP contribution in [0.2, 0.25) is 0 Å². The van der Waals surface area contributed by atoms with E-state index in [0.717, 1.165) is 0 Å². The number of carbonyl (C=O) groups excluding carboxylic acids is 1. The third kappa shape index (κ3) is 4.01. The van der Waals surface area contributed by atoms with E-state index in [9.17, 15) is 9.18 Å². The highest BCUT2D eigenvalue weighted by Gasteiger charge is 2.12. The van der Waals surface area contributed by atoms with E-state index in [1.54, 1.807) is 36.0 Å². The Hall–Kier alpha value is -2.48. The quantitative estimate of drug-likeness (QED) is 0.800. The van der Waals surface area contributed by atoms with Gasteiger partial charge < -0.3 is 10.1 Å². The number of nitrogens with one attached hydrogen (secondary N) is 2. The van der Waals surface area contributed by atoms with Crippen LogP contribution in [0.1, 0.15) is 12.5 Å². The molecule has 0 saturated heterocycles. The fraction of sp³-hybridized carbons (Fsp3) is 0.214. The summed E-state index contributed by atoms with van der Waals surface area (Å²) < 4.78 is 20.7. The van der Waals surface area contributed by atoms with Crippen molar-refractivity contribution in [1.82, 2.24) is 9.78 Å². The molecule has 0 atom stereocenters. The summed E-state index contributed by atoms with van der Waals surface area (Å²) in [6, 6.07) is 6.47. The van der Waals surface area contributed by atoms with E-state index in [-0.39, 0.29) is 18.8 Å². The van der Waals surface area contributed by atoms with Crippen molar-refractivity contribution in [1.29, 1.82) is 0 Å². The van der Waals surface area contributed by atoms with Crippen molar-refractivity contribution >= 4 is 35.3 Å². The summed E-state index contributed by atoms with van der Waals surface area (Å²) >= 11 is 4.67. The molecule has 0 fully saturated rings. The molecule has 6 nitrogen and oxygen atoms in total. The van der Waals surface area contributed by atoms with Gasteiger partial charge in [-0.2, -0.15) is 5.10 Å². The summed E-state index contributed by atoms with van der Waals surface area (Å²) in [6.07, 6.45) is 1.01. The van der Waals surface area contributed by atoms with Crippen LogP contribution in [0.15, 0.2) is 30.5 Å². The van der Waals surface area contributed by atoms with Crippen molar-refractivity contribution in [2.75, 3.05) is 17.2 Å². The van der Waals surface area contributed by atoms with E-state index in [2.05, 4.69) is 28.0 Å². The number of benzene rings is 1. The molecule has 22 heavy (non-hydrogen) atoms. The Balaban J connectivity index is 2.13. The Kier molecular flexibility index (Phi) is 5.42. The highest BCUT2D eigenvalue weighted by Crippen LogP contribution is 2.19. The largest absolute Gasteiger partial charge is 0.450 e. The lowest BCUT2D eigenvalue weighted by molar-refractivity contribution is 0.168. The summed E-state index contributed by atoms with van der Waals surface area (Å²) in [4.78, 5) is 11.4. The number of rotatable bonds is 6. The number of thiocarbonyl (C=S) groups is 1. The predicted molar refractivity (Wildman–Crippen MR) is 85.7 cm³/mol. The average molecular weight is 322 g/mol. The van der Waals surface area contributed by atoms with Gasteiger partial charge in [-0.3, -0.25) is 10.00 Å². The average Bonchev–Trinajstić information content (AvgIpc) is 2.91. The number of hydrogen-bond donors (Lipinski definition) is 2. The van der Waals surface area contributed by atoms with Gasteiger partial charge in [-0.25, -0.2) is 9.18 Å². The monoisotopic (exact) mass is 322 g/mol. The van der Waals surface area contributed by atoms with Crippen LogP contribution in [0.5, 0.6) is 0 Å². The lowest BCUT2D eigenvalue weighted by Gasteiger charge is -2.10. The van der Waals surface area contributed by atoms with E-state index in [1.807, 2.05) is 0 Å². The SMILES string of the molecule is CCOC(=O)Nc1cccc(Cn2ccc(NC=S)n2)c1F. The van der Waals surface area contributed by atoms with Crippen LogP contribution in [0.4, 0.5) is 20.7 Å². The minimum Gasteiger partial charge on any atom is -0.450 e. The molecule has 8 heteroatoms. The number of hydrogen-bond acceptors (Lipinski definition) is 4. The number of anilines is 2. The van der Waals surface area contributed by atoms with Crippen LogP contribution in [-0.4, -0.2) is 28.0 Å². The highest BCUT2D eigenvalue weighted by molar-refractivity contribution is 7.79. The van der Waals surface area contributed by atoms with Crippen molar-refractivity contribution in [3.63, 3.8) is 0 Å². The van der Waals surface area contributed by atoms with Gasteiger partial charge in [0.1, 0.15) is 0 Å². The zero-order valence-electron chi connectivity index (χ0n) is 11.9. The van der Waals surface area contributed by atoms with Gasteiger partial charge in [0.25, 0.3) is 0 Å². The standard InChI is InChI=1S/C14H15FN4O2S/c1-2-21-14(20)17-11-5-3-4-10(13(11)15)8-19-7-6-12(18-19)16-9-22/h3-7,9H,2,8H2,1H3,(H,17,20)(H,16,18,22). The molecule has 0 unspecified atom stereocenters. The summed E-state index contributed by atoms with van der Waals surface area (Å²) in [5, 5.41) is 9.32. The van der Waals surface area contributed by atoms with Crippen molar-refractivity contribution in [3.8, 4) is 0 Å². The normalized spacial score (nSPS) is 10.1. The molecule has 2 rings (SSSR count). The molecule has 0 aliphatic rings. The number of amides is 1. The first-order valence-corrected chi connectivity index (χ1v) is 7.06. The second kappa shape index (κ2) is 7.51. The molecule has 0 aliphatic carbocycles. The molecule has 0 spiro atoms. The Bertz CT molecular complexity index is 675. The molecular weight excluding hydrogens is 307 g/mol. The Morgan fingerprint density at radius 2 is 2.32 bits per heavy atom. The van der Waals surface area contributed by atoms with Crippen molar-refractivity contribution < 1.29 is 13.9 Å². The molecule has 0 saturated carbocycles. The molecule has 0 bridgehead atoms. The third-order valence-corrected chi connectivity index (χ3v) is 2.89. The molecule has 0 radical (unpaired) electrons. The van der Waals surface area contributed by atoms with Gasteiger partial charge in [0.15, 0.2) is 11.6 Å². The van der Waals surface area contributed by atoms with Crippen LogP contribution < -0.4 is 10.6 Å². The highest BCUT2D eigenvalue weighted by atomic mass is 32.1. The fourth-order valence-electron chi connectivity index (χ4n) is 1.84. The first kappa shape index (κ1) is 15.9. The topological polar surface area (TPSA) is 68.2 Å². The van der Waals surface area contributed by atoms with Crippen LogP contribution >= 0.6 is 12.2 Å². The van der Waals surface area contributed by atoms with Crippen molar-refractivity contribution in [3.05, 3.63) is 41.8 Å². The number of nitrogens with zero attached hydrogens (tertiary/aromatic N) is 2. The number of carbonyl (C=O) groups is 1. The molecule has 0 aliphatic heterocycles. The summed E-state index contributed by atoms with van der Waals surface area (Å²) in [7, 11) is 0. The maximum atomic E-state index is 14.4. The number of aromatic nitrogens is 2. The molecule has 2 aromatic rings. The molecule has 1 amide bonds. The van der Waals surface area contributed by atoms with Crippen molar-refractivity contribution in [2.24, 2.45) is 0 Å². The van der Waals surface area contributed by atoms with E-state index >= 15 is 0 Å². The Labute approximate surface area is 132 Å². The molecule has 1 heterocycles. The zero-order valence-corrected chi connectivity index (χ0v) is 12.7. The van der Waals surface area contributed by atoms with Crippen LogP contribution in [-0.2, 0) is 11.3 Å². The summed E-state index contributed by atoms with van der Waals surface area (Å²) in [6.45, 7) is 2.12. The van der Waals surface area contributed by atoms with Crippen molar-refractivity contribution in [2.45, 2.75) is 13.5 Å². The Morgan fingerprint density at radius 3 is 3.05 bits per heavy atom. The lowest BCUT2D eigenvalue weighted by atomic mass is 10.2. The van der Waals surface area contributed by atoms with E-state index in [1.165, 1.54) is 11.6 Å². The van der Waals surface area contributed by atoms with Gasteiger partial charge in [0.2, 0.25) is 0 Å². The molecular formula is C14H15FN4O2S. The first-order chi connectivity index (χ1) is 10.6. The maximum Gasteiger partial charge on any atom is 0.411 e. The first-order valence-electron chi connectivity index (χ1n) is 6.59. The second-order valence-corrected chi connectivity index (χ2v) is 4.52. The lowest BCUT2D eigenvalue weighted by Crippen LogP contribution is -2.15. The summed E-state index contributed by atoms with van der Waals surface area (Å²) in [5.74, 6) is 0.0617. The van der Waals surface area contributed by atoms with Gasteiger partial charge in [-0.05, 0) is 13.0 Å². The summed E-state index contributed by atoms with van der Waals surface area (Å²) in [5.41, 5.74) is 1.81. The predicted octanol–water partition coefficient (Wildman–Crippen LogP) is 3.01. The second-order valence-electron chi connectivity index (χ2n) is 4.28. The Morgan fingerprint density at radius 1 is 1.50 bits per heavy atom. The third-order valence-electron chi connectivity index (χ3n) is 2.77. The molecule has 116 valence electrons. The van der Waals surface area contributed by atoms with E-state index in [4.69, 9.17) is 4.74 Å². The van der Waals surface area contributed by atoms with Gasteiger partial charge in [0.05, 0.1) is 24.3 Å². The van der Waals surface area contributed by atoms with Gasteiger partial charge in [-0.1, -0.05) is 24.4 Å². The minimum absolute atomic E-state index is 0.0698. The maximum absolute atomic E-state index is 14.4. The molecule has 1 aromatic carbocycles. The van der Waals surface area contributed by atoms with Crippen LogP contribution in [0.25, 0.3) is 0 Å². The smallest absolute Gasteiger partial charge is 0.411 e. The van der Waals surface area contributed by atoms with E-state index in [0.29, 0.717) is 11.4 Å². The number of halogens is 1. The zero-order chi connectivity index (χ0) is 15.9. The van der Waals surface area contributed by atoms with Crippen LogP contribution in [0, 0.1) is 5.82 Å². The molecule has 2 N–H and O–H groups in total. The van der Waals surface area contributed by atoms with Gasteiger partial charge >= 0.3 is 6.09 Å². The van der Waals surface area contributed by atoms with Crippen LogP contribution in [0.3, 0.4) is 0 Å². The van der Waals surface area contributed by atoms with E-state index < -0.39 is 11.9 Å². The minimum atomic E-state index is -0.690. The van der Waals surface area contributed by atoms with Gasteiger partial charge in [-0.15, -0.1) is 0 Å². The van der Waals surface area contributed by atoms with Gasteiger partial charge in [0, 0.05) is 17.8 Å².